The fourth-order valence-corrected chi connectivity index (χ4v) is 2.33. The number of carboxylic acid groups (broad SMARTS) is 1. The van der Waals surface area contributed by atoms with Gasteiger partial charge in [0.1, 0.15) is 0 Å². The summed E-state index contributed by atoms with van der Waals surface area (Å²) >= 11 is 6.12. The summed E-state index contributed by atoms with van der Waals surface area (Å²) in [6, 6.07) is 7.71. The Hall–Kier alpha value is -2.34. The maximum atomic E-state index is 10.7. The third-order valence-corrected chi connectivity index (χ3v) is 3.42. The van der Waals surface area contributed by atoms with Gasteiger partial charge < -0.3 is 9.67 Å². The Labute approximate surface area is 119 Å². The van der Waals surface area contributed by atoms with Crippen molar-refractivity contribution in [1.82, 2.24) is 19.6 Å². The quantitative estimate of drug-likeness (QED) is 0.800. The van der Waals surface area contributed by atoms with Gasteiger partial charge in [0, 0.05) is 28.7 Å². The van der Waals surface area contributed by atoms with E-state index in [1.54, 1.807) is 0 Å². The summed E-state index contributed by atoms with van der Waals surface area (Å²) in [6.07, 6.45) is 3.37. The minimum absolute atomic E-state index is 0.0505. The van der Waals surface area contributed by atoms with E-state index in [-0.39, 0.29) is 5.69 Å². The molecule has 3 aromatic rings. The second-order valence-electron chi connectivity index (χ2n) is 4.35. The number of hydrogen-bond acceptors (Lipinski definition) is 3. The molecule has 0 aliphatic heterocycles. The molecule has 20 heavy (non-hydrogen) atoms. The predicted molar refractivity (Wildman–Crippen MR) is 73.9 cm³/mol. The highest BCUT2D eigenvalue weighted by atomic mass is 35.5. The van der Waals surface area contributed by atoms with Crippen molar-refractivity contribution in [3.05, 3.63) is 47.4 Å². The van der Waals surface area contributed by atoms with Crippen LogP contribution < -0.4 is 0 Å². The summed E-state index contributed by atoms with van der Waals surface area (Å²) < 4.78 is 3.56. The molecule has 0 saturated heterocycles. The Kier molecular flexibility index (Phi) is 3.15. The third kappa shape index (κ3) is 2.25. The van der Waals surface area contributed by atoms with Gasteiger partial charge in [-0.15, -0.1) is 5.10 Å². The molecule has 6 nitrogen and oxygen atoms in total. The fourth-order valence-electron chi connectivity index (χ4n) is 2.10. The summed E-state index contributed by atoms with van der Waals surface area (Å²) in [4.78, 5) is 10.7. The van der Waals surface area contributed by atoms with Crippen LogP contribution in [0.3, 0.4) is 0 Å². The van der Waals surface area contributed by atoms with E-state index in [0.717, 1.165) is 15.9 Å². The summed E-state index contributed by atoms with van der Waals surface area (Å²) in [5.41, 5.74) is 0.987. The van der Waals surface area contributed by atoms with Gasteiger partial charge in [0.2, 0.25) is 0 Å². The number of rotatable bonds is 4. The van der Waals surface area contributed by atoms with Crippen LogP contribution in [0.25, 0.3) is 10.9 Å². The van der Waals surface area contributed by atoms with Gasteiger partial charge in [-0.25, -0.2) is 9.48 Å². The molecule has 0 radical (unpaired) electrons. The molecule has 0 fully saturated rings. The number of carbonyl (C=O) groups is 1. The molecule has 0 aliphatic rings. The van der Waals surface area contributed by atoms with Crippen LogP contribution in [-0.2, 0) is 13.1 Å². The summed E-state index contributed by atoms with van der Waals surface area (Å²) in [5.74, 6) is -1.07. The minimum atomic E-state index is -1.07. The van der Waals surface area contributed by atoms with Crippen molar-refractivity contribution in [2.75, 3.05) is 0 Å². The number of halogens is 1. The van der Waals surface area contributed by atoms with Gasteiger partial charge in [0.15, 0.2) is 5.69 Å². The van der Waals surface area contributed by atoms with Gasteiger partial charge >= 0.3 is 5.97 Å². The van der Waals surface area contributed by atoms with Gasteiger partial charge in [-0.1, -0.05) is 22.9 Å². The molecule has 0 unspecified atom stereocenters. The number of fused-ring (bicyclic) bond motifs is 1. The normalized spacial score (nSPS) is 11.1. The molecule has 1 aromatic carbocycles. The lowest BCUT2D eigenvalue weighted by molar-refractivity contribution is 0.0690. The highest BCUT2D eigenvalue weighted by Gasteiger charge is 2.08. The van der Waals surface area contributed by atoms with Crippen molar-refractivity contribution in [3.63, 3.8) is 0 Å². The Bertz CT molecular complexity index is 778. The first-order valence-corrected chi connectivity index (χ1v) is 6.40. The number of carboxylic acids is 1. The van der Waals surface area contributed by atoms with E-state index in [2.05, 4.69) is 10.3 Å². The summed E-state index contributed by atoms with van der Waals surface area (Å²) in [6.45, 7) is 1.20. The largest absolute Gasteiger partial charge is 0.476 e. The summed E-state index contributed by atoms with van der Waals surface area (Å²) in [5, 5.41) is 17.9. The average molecular weight is 291 g/mol. The average Bonchev–Trinajstić information content (AvgIpc) is 3.03. The number of benzene rings is 1. The molecular formula is C13H11ClN4O2. The molecule has 0 amide bonds. The molecule has 0 aliphatic carbocycles. The molecule has 2 aromatic heterocycles. The van der Waals surface area contributed by atoms with Crippen LogP contribution in [0.1, 0.15) is 10.5 Å². The van der Waals surface area contributed by atoms with E-state index in [9.17, 15) is 4.79 Å². The van der Waals surface area contributed by atoms with E-state index in [4.69, 9.17) is 16.7 Å². The first kappa shape index (κ1) is 12.7. The van der Waals surface area contributed by atoms with Gasteiger partial charge in [-0.2, -0.15) is 0 Å². The van der Waals surface area contributed by atoms with E-state index in [1.807, 2.05) is 35.0 Å². The van der Waals surface area contributed by atoms with Gasteiger partial charge in [0.25, 0.3) is 0 Å². The first-order valence-electron chi connectivity index (χ1n) is 6.02. The number of aryl methyl sites for hydroxylation is 2. The number of aromatic nitrogens is 4. The lowest BCUT2D eigenvalue weighted by Gasteiger charge is -2.05. The van der Waals surface area contributed by atoms with E-state index in [1.165, 1.54) is 10.9 Å². The van der Waals surface area contributed by atoms with Crippen LogP contribution in [0.4, 0.5) is 0 Å². The minimum Gasteiger partial charge on any atom is -0.476 e. The Balaban J connectivity index is 1.79. The molecular weight excluding hydrogens is 280 g/mol. The maximum Gasteiger partial charge on any atom is 0.358 e. The molecule has 7 heteroatoms. The molecule has 0 saturated carbocycles. The van der Waals surface area contributed by atoms with Crippen molar-refractivity contribution in [3.8, 4) is 0 Å². The molecule has 3 rings (SSSR count). The SMILES string of the molecule is O=C(O)c1cn(CCn2ccc3c(Cl)cccc32)nn1. The molecule has 0 bridgehead atoms. The third-order valence-electron chi connectivity index (χ3n) is 3.09. The Morgan fingerprint density at radius 1 is 1.30 bits per heavy atom. The smallest absolute Gasteiger partial charge is 0.358 e. The van der Waals surface area contributed by atoms with E-state index in [0.29, 0.717) is 13.1 Å². The van der Waals surface area contributed by atoms with Crippen LogP contribution in [0.15, 0.2) is 36.7 Å². The van der Waals surface area contributed by atoms with Crippen LogP contribution >= 0.6 is 11.6 Å². The second-order valence-corrected chi connectivity index (χ2v) is 4.76. The first-order chi connectivity index (χ1) is 9.65. The fraction of sp³-hybridized carbons (Fsp3) is 0.154. The van der Waals surface area contributed by atoms with Crippen molar-refractivity contribution in [2.24, 2.45) is 0 Å². The maximum absolute atomic E-state index is 10.7. The topological polar surface area (TPSA) is 72.9 Å². The van der Waals surface area contributed by atoms with Crippen molar-refractivity contribution in [1.29, 1.82) is 0 Å². The van der Waals surface area contributed by atoms with Crippen molar-refractivity contribution >= 4 is 28.5 Å². The zero-order valence-corrected chi connectivity index (χ0v) is 11.2. The lowest BCUT2D eigenvalue weighted by atomic mass is 10.2. The van der Waals surface area contributed by atoms with Gasteiger partial charge in [0.05, 0.1) is 12.7 Å². The van der Waals surface area contributed by atoms with Crippen LogP contribution in [0, 0.1) is 0 Å². The molecule has 2 heterocycles. The standard InChI is InChI=1S/C13H11ClN4O2/c14-10-2-1-3-12-9(10)4-5-17(12)6-7-18-8-11(13(19)20)15-16-18/h1-5,8H,6-7H2,(H,19,20). The predicted octanol–water partition coefficient (Wildman–Crippen LogP) is 2.28. The number of nitrogens with zero attached hydrogens (tertiary/aromatic N) is 4. The van der Waals surface area contributed by atoms with Crippen LogP contribution in [0.2, 0.25) is 5.02 Å². The highest BCUT2D eigenvalue weighted by Crippen LogP contribution is 2.24. The zero-order valence-electron chi connectivity index (χ0n) is 10.4. The van der Waals surface area contributed by atoms with Gasteiger partial charge in [-0.3, -0.25) is 0 Å². The molecule has 102 valence electrons. The van der Waals surface area contributed by atoms with Crippen molar-refractivity contribution in [2.45, 2.75) is 13.1 Å². The lowest BCUT2D eigenvalue weighted by Crippen LogP contribution is -2.07. The van der Waals surface area contributed by atoms with Crippen molar-refractivity contribution < 1.29 is 9.90 Å². The van der Waals surface area contributed by atoms with E-state index < -0.39 is 5.97 Å². The van der Waals surface area contributed by atoms with Crippen LogP contribution in [0.5, 0.6) is 0 Å². The van der Waals surface area contributed by atoms with Gasteiger partial charge in [-0.05, 0) is 18.2 Å². The molecule has 0 atom stereocenters. The Morgan fingerprint density at radius 3 is 2.90 bits per heavy atom. The van der Waals surface area contributed by atoms with Crippen LogP contribution in [-0.4, -0.2) is 30.6 Å². The zero-order chi connectivity index (χ0) is 14.1. The van der Waals surface area contributed by atoms with E-state index >= 15 is 0 Å². The number of hydrogen-bond donors (Lipinski definition) is 1. The monoisotopic (exact) mass is 290 g/mol. The summed E-state index contributed by atoms with van der Waals surface area (Å²) in [7, 11) is 0. The Morgan fingerprint density at radius 2 is 2.15 bits per heavy atom. The number of aromatic carboxylic acids is 1. The molecule has 0 spiro atoms. The molecule has 1 N–H and O–H groups in total. The highest BCUT2D eigenvalue weighted by molar-refractivity contribution is 6.35. The second kappa shape index (κ2) is 4.97.